The van der Waals surface area contributed by atoms with Gasteiger partial charge >= 0.3 is 0 Å². The highest BCUT2D eigenvalue weighted by Gasteiger charge is 2.24. The van der Waals surface area contributed by atoms with E-state index in [1.54, 1.807) is 42.5 Å². The molecule has 1 heterocycles. The zero-order valence-corrected chi connectivity index (χ0v) is 12.4. The highest BCUT2D eigenvalue weighted by Crippen LogP contribution is 2.35. The Morgan fingerprint density at radius 1 is 0.950 bits per heavy atom. The van der Waals surface area contributed by atoms with E-state index in [0.717, 1.165) is 16.8 Å². The standard InChI is InChI=1S/C15H8Cl3NO/c16-9-2-4-14-10(7-9)11(15(20)19-14)5-8-1-3-12(17)13(18)6-8/h1-7H,(H,19,20)/b11-5+. The molecule has 1 aliphatic rings. The minimum Gasteiger partial charge on any atom is -0.321 e. The van der Waals surface area contributed by atoms with Crippen LogP contribution in [0.4, 0.5) is 5.69 Å². The van der Waals surface area contributed by atoms with Crippen LogP contribution in [0.1, 0.15) is 11.1 Å². The number of fused-ring (bicyclic) bond motifs is 1. The van der Waals surface area contributed by atoms with Gasteiger partial charge in [0.2, 0.25) is 0 Å². The lowest BCUT2D eigenvalue weighted by atomic mass is 10.0. The Balaban J connectivity index is 2.10. The molecule has 0 saturated heterocycles. The van der Waals surface area contributed by atoms with Crippen molar-refractivity contribution >= 4 is 58.0 Å². The second-order valence-electron chi connectivity index (χ2n) is 4.38. The largest absolute Gasteiger partial charge is 0.321 e. The van der Waals surface area contributed by atoms with Crippen molar-refractivity contribution in [2.45, 2.75) is 0 Å². The van der Waals surface area contributed by atoms with Crippen LogP contribution in [0.2, 0.25) is 15.1 Å². The van der Waals surface area contributed by atoms with Crippen molar-refractivity contribution in [1.29, 1.82) is 0 Å². The molecule has 100 valence electrons. The molecule has 0 aromatic heterocycles. The van der Waals surface area contributed by atoms with E-state index in [9.17, 15) is 4.79 Å². The normalized spacial score (nSPS) is 15.3. The lowest BCUT2D eigenvalue weighted by Gasteiger charge is -2.01. The number of hydrogen-bond donors (Lipinski definition) is 1. The van der Waals surface area contributed by atoms with E-state index in [1.807, 2.05) is 0 Å². The van der Waals surface area contributed by atoms with Gasteiger partial charge < -0.3 is 5.32 Å². The molecule has 0 unspecified atom stereocenters. The van der Waals surface area contributed by atoms with Gasteiger partial charge in [-0.2, -0.15) is 0 Å². The quantitative estimate of drug-likeness (QED) is 0.723. The van der Waals surface area contributed by atoms with Crippen LogP contribution in [-0.4, -0.2) is 5.91 Å². The summed E-state index contributed by atoms with van der Waals surface area (Å²) in [5.74, 6) is -0.159. The van der Waals surface area contributed by atoms with Crippen LogP contribution in [0.5, 0.6) is 0 Å². The Hall–Kier alpha value is -1.48. The average molecular weight is 325 g/mol. The molecule has 0 atom stereocenters. The highest BCUT2D eigenvalue weighted by atomic mass is 35.5. The van der Waals surface area contributed by atoms with Gasteiger partial charge in [-0.15, -0.1) is 0 Å². The lowest BCUT2D eigenvalue weighted by molar-refractivity contribution is -0.110. The summed E-state index contributed by atoms with van der Waals surface area (Å²) < 4.78 is 0. The summed E-state index contributed by atoms with van der Waals surface area (Å²) in [5.41, 5.74) is 2.90. The van der Waals surface area contributed by atoms with Crippen molar-refractivity contribution in [2.75, 3.05) is 5.32 Å². The van der Waals surface area contributed by atoms with Gasteiger partial charge in [0.05, 0.1) is 10.0 Å². The van der Waals surface area contributed by atoms with Crippen molar-refractivity contribution in [2.24, 2.45) is 0 Å². The van der Waals surface area contributed by atoms with Crippen molar-refractivity contribution < 1.29 is 4.79 Å². The minimum atomic E-state index is -0.159. The molecule has 1 amide bonds. The molecule has 5 heteroatoms. The maximum Gasteiger partial charge on any atom is 0.256 e. The molecule has 0 bridgehead atoms. The second-order valence-corrected chi connectivity index (χ2v) is 5.63. The molecule has 0 fully saturated rings. The van der Waals surface area contributed by atoms with Gasteiger partial charge in [0.25, 0.3) is 5.91 Å². The number of anilines is 1. The van der Waals surface area contributed by atoms with Gasteiger partial charge in [-0.05, 0) is 42.0 Å². The number of carbonyl (C=O) groups is 1. The summed E-state index contributed by atoms with van der Waals surface area (Å²) in [6.07, 6.45) is 1.76. The van der Waals surface area contributed by atoms with Gasteiger partial charge in [0.15, 0.2) is 0 Å². The van der Waals surface area contributed by atoms with Crippen molar-refractivity contribution in [3.8, 4) is 0 Å². The van der Waals surface area contributed by atoms with E-state index in [-0.39, 0.29) is 5.91 Å². The van der Waals surface area contributed by atoms with Gasteiger partial charge in [-0.1, -0.05) is 40.9 Å². The molecule has 3 rings (SSSR count). The maximum atomic E-state index is 12.0. The summed E-state index contributed by atoms with van der Waals surface area (Å²) in [6.45, 7) is 0. The minimum absolute atomic E-state index is 0.159. The number of benzene rings is 2. The van der Waals surface area contributed by atoms with Crippen molar-refractivity contribution in [1.82, 2.24) is 0 Å². The smallest absolute Gasteiger partial charge is 0.256 e. The van der Waals surface area contributed by atoms with Crippen LogP contribution in [0.15, 0.2) is 36.4 Å². The zero-order chi connectivity index (χ0) is 14.3. The van der Waals surface area contributed by atoms with Crippen LogP contribution >= 0.6 is 34.8 Å². The van der Waals surface area contributed by atoms with Gasteiger partial charge in [-0.25, -0.2) is 0 Å². The lowest BCUT2D eigenvalue weighted by Crippen LogP contribution is -2.03. The fraction of sp³-hybridized carbons (Fsp3) is 0. The summed E-state index contributed by atoms with van der Waals surface area (Å²) in [7, 11) is 0. The fourth-order valence-corrected chi connectivity index (χ4v) is 2.55. The number of nitrogens with one attached hydrogen (secondary N) is 1. The van der Waals surface area contributed by atoms with Crippen molar-refractivity contribution in [3.05, 3.63) is 62.6 Å². The van der Waals surface area contributed by atoms with E-state index < -0.39 is 0 Å². The predicted molar refractivity (Wildman–Crippen MR) is 84.4 cm³/mol. The Morgan fingerprint density at radius 2 is 1.75 bits per heavy atom. The van der Waals surface area contributed by atoms with E-state index in [2.05, 4.69) is 5.32 Å². The average Bonchev–Trinajstić information content (AvgIpc) is 2.70. The van der Waals surface area contributed by atoms with Gasteiger partial charge in [-0.3, -0.25) is 4.79 Å². The van der Waals surface area contributed by atoms with Crippen LogP contribution in [0.3, 0.4) is 0 Å². The third-order valence-electron chi connectivity index (χ3n) is 3.02. The fourth-order valence-electron chi connectivity index (χ4n) is 2.07. The maximum absolute atomic E-state index is 12.0. The molecule has 2 nitrogen and oxygen atoms in total. The first-order chi connectivity index (χ1) is 9.54. The molecule has 1 N–H and O–H groups in total. The monoisotopic (exact) mass is 323 g/mol. The van der Waals surface area contributed by atoms with Crippen LogP contribution in [0.25, 0.3) is 11.6 Å². The van der Waals surface area contributed by atoms with Gasteiger partial charge in [0.1, 0.15) is 0 Å². The van der Waals surface area contributed by atoms with E-state index in [4.69, 9.17) is 34.8 Å². The summed E-state index contributed by atoms with van der Waals surface area (Å²) in [6, 6.07) is 10.5. The number of rotatable bonds is 1. The molecule has 0 aliphatic carbocycles. The first-order valence-electron chi connectivity index (χ1n) is 5.82. The Kier molecular flexibility index (Phi) is 3.47. The first-order valence-corrected chi connectivity index (χ1v) is 6.96. The summed E-state index contributed by atoms with van der Waals surface area (Å²) >= 11 is 17.8. The number of amides is 1. The van der Waals surface area contributed by atoms with Crippen LogP contribution < -0.4 is 5.32 Å². The van der Waals surface area contributed by atoms with Crippen molar-refractivity contribution in [3.63, 3.8) is 0 Å². The third kappa shape index (κ3) is 2.42. The van der Waals surface area contributed by atoms with E-state index in [1.165, 1.54) is 0 Å². The number of hydrogen-bond acceptors (Lipinski definition) is 1. The summed E-state index contributed by atoms with van der Waals surface area (Å²) in [5, 5.41) is 4.31. The second kappa shape index (κ2) is 5.13. The molecule has 0 radical (unpaired) electrons. The zero-order valence-electron chi connectivity index (χ0n) is 10.1. The molecule has 2 aromatic rings. The molecular formula is C15H8Cl3NO. The predicted octanol–water partition coefficient (Wildman–Crippen LogP) is 5.14. The molecular weight excluding hydrogens is 317 g/mol. The number of carbonyl (C=O) groups excluding carboxylic acids is 1. The molecule has 20 heavy (non-hydrogen) atoms. The molecule has 0 spiro atoms. The van der Waals surface area contributed by atoms with E-state index in [0.29, 0.717) is 20.6 Å². The number of halogens is 3. The first kappa shape index (κ1) is 13.5. The Labute approximate surface area is 131 Å². The van der Waals surface area contributed by atoms with Gasteiger partial charge in [0, 0.05) is 21.8 Å². The molecule has 0 saturated carbocycles. The Bertz CT molecular complexity index is 753. The Morgan fingerprint density at radius 3 is 2.50 bits per heavy atom. The SMILES string of the molecule is O=C1Nc2ccc(Cl)cc2/C1=C\c1ccc(Cl)c(Cl)c1. The topological polar surface area (TPSA) is 29.1 Å². The molecule has 2 aromatic carbocycles. The van der Waals surface area contributed by atoms with Crippen LogP contribution in [-0.2, 0) is 4.79 Å². The highest BCUT2D eigenvalue weighted by molar-refractivity contribution is 6.42. The third-order valence-corrected chi connectivity index (χ3v) is 3.99. The van der Waals surface area contributed by atoms with E-state index >= 15 is 0 Å². The molecule has 1 aliphatic heterocycles. The van der Waals surface area contributed by atoms with Crippen LogP contribution in [0, 0.1) is 0 Å². The summed E-state index contributed by atoms with van der Waals surface area (Å²) in [4.78, 5) is 12.0.